The normalized spacial score (nSPS) is 12.9. The maximum atomic E-state index is 8.74. The number of hydrogen-bond acceptors (Lipinski definition) is 3. The molecule has 0 aromatic heterocycles. The summed E-state index contributed by atoms with van der Waals surface area (Å²) in [6, 6.07) is 0.825. The van der Waals surface area contributed by atoms with Crippen LogP contribution in [0.4, 0.5) is 0 Å². The van der Waals surface area contributed by atoms with E-state index in [4.69, 9.17) is 17.5 Å². The Balaban J connectivity index is 0. The van der Waals surface area contributed by atoms with Gasteiger partial charge in [-0.1, -0.05) is 71.6 Å². The molecule has 0 amide bonds. The van der Waals surface area contributed by atoms with Crippen molar-refractivity contribution >= 4 is 10.4 Å². The van der Waals surface area contributed by atoms with E-state index in [1.54, 1.807) is 0 Å². The third-order valence-corrected chi connectivity index (χ3v) is 3.76. The fourth-order valence-electron chi connectivity index (χ4n) is 2.44. The highest BCUT2D eigenvalue weighted by Crippen LogP contribution is 2.15. The minimum absolute atomic E-state index is 0.825. The van der Waals surface area contributed by atoms with Gasteiger partial charge in [0.15, 0.2) is 0 Å². The van der Waals surface area contributed by atoms with Crippen LogP contribution in [0, 0.1) is 0 Å². The van der Waals surface area contributed by atoms with Gasteiger partial charge in [0.25, 0.3) is 0 Å². The number of hydrogen-bond donors (Lipinski definition) is 2. The molecule has 0 saturated heterocycles. The fourth-order valence-corrected chi connectivity index (χ4v) is 2.44. The second kappa shape index (κ2) is 15.7. The van der Waals surface area contributed by atoms with E-state index >= 15 is 0 Å². The van der Waals surface area contributed by atoms with Gasteiger partial charge < -0.3 is 4.90 Å². The lowest BCUT2D eigenvalue weighted by Crippen LogP contribution is -2.27. The molecule has 0 radical (unpaired) electrons. The second-order valence-corrected chi connectivity index (χ2v) is 7.01. The molecule has 6 heteroatoms. The zero-order valence-electron chi connectivity index (χ0n) is 14.9. The second-order valence-electron chi connectivity index (χ2n) is 6.12. The Hall–Kier alpha value is -0.170. The van der Waals surface area contributed by atoms with Crippen LogP contribution in [0.2, 0.25) is 0 Å². The highest BCUT2D eigenvalue weighted by molar-refractivity contribution is 7.79. The van der Waals surface area contributed by atoms with Crippen molar-refractivity contribution in [1.82, 2.24) is 4.90 Å². The van der Waals surface area contributed by atoms with E-state index in [-0.39, 0.29) is 0 Å². The monoisotopic (exact) mass is 339 g/mol. The first-order valence-electron chi connectivity index (χ1n) is 8.58. The molecule has 0 aromatic carbocycles. The van der Waals surface area contributed by atoms with Crippen LogP contribution in [0.3, 0.4) is 0 Å². The van der Waals surface area contributed by atoms with Crippen molar-refractivity contribution in [2.75, 3.05) is 14.1 Å². The van der Waals surface area contributed by atoms with Crippen molar-refractivity contribution < 1.29 is 17.5 Å². The van der Waals surface area contributed by atoms with Gasteiger partial charge in [0.2, 0.25) is 0 Å². The molecule has 22 heavy (non-hydrogen) atoms. The predicted octanol–water partition coefficient (Wildman–Crippen LogP) is 4.59. The van der Waals surface area contributed by atoms with Gasteiger partial charge in [0, 0.05) is 6.04 Å². The fraction of sp³-hybridized carbons (Fsp3) is 1.00. The van der Waals surface area contributed by atoms with E-state index in [1.807, 2.05) is 0 Å². The van der Waals surface area contributed by atoms with Gasteiger partial charge in [0.1, 0.15) is 0 Å². The molecule has 0 spiro atoms. The average molecular weight is 340 g/mol. The Bertz CT molecular complexity index is 310. The third kappa shape index (κ3) is 24.8. The highest BCUT2D eigenvalue weighted by atomic mass is 32.3. The first-order valence-corrected chi connectivity index (χ1v) is 9.98. The molecule has 0 bridgehead atoms. The molecule has 0 saturated carbocycles. The van der Waals surface area contributed by atoms with Gasteiger partial charge in [-0.2, -0.15) is 8.42 Å². The van der Waals surface area contributed by atoms with Gasteiger partial charge in [-0.25, -0.2) is 0 Å². The van der Waals surface area contributed by atoms with E-state index in [1.165, 1.54) is 70.6 Å². The quantitative estimate of drug-likeness (QED) is 0.401. The van der Waals surface area contributed by atoms with Gasteiger partial charge in [-0.15, -0.1) is 0 Å². The topological polar surface area (TPSA) is 77.8 Å². The molecule has 2 N–H and O–H groups in total. The van der Waals surface area contributed by atoms with Crippen molar-refractivity contribution in [3.05, 3.63) is 0 Å². The van der Waals surface area contributed by atoms with Crippen molar-refractivity contribution in [2.45, 2.75) is 90.5 Å². The van der Waals surface area contributed by atoms with Gasteiger partial charge in [-0.05, 0) is 26.9 Å². The molecule has 0 aliphatic carbocycles. The smallest absolute Gasteiger partial charge is 0.306 e. The van der Waals surface area contributed by atoms with Crippen molar-refractivity contribution in [3.63, 3.8) is 0 Å². The summed E-state index contributed by atoms with van der Waals surface area (Å²) >= 11 is 0. The lowest BCUT2D eigenvalue weighted by atomic mass is 10.0. The largest absolute Gasteiger partial charge is 0.394 e. The molecule has 0 aromatic rings. The molecule has 0 heterocycles. The van der Waals surface area contributed by atoms with Gasteiger partial charge in [-0.3, -0.25) is 9.11 Å². The SMILES string of the molecule is CCCCCCCCCC(CCCC)N(C)C.O=S(=O)(O)O. The summed E-state index contributed by atoms with van der Waals surface area (Å²) in [6.07, 6.45) is 15.5. The third-order valence-electron chi connectivity index (χ3n) is 3.76. The molecule has 0 aliphatic heterocycles. The highest BCUT2D eigenvalue weighted by Gasteiger charge is 2.09. The Kier molecular flexibility index (Phi) is 17.2. The molecule has 1 atom stereocenters. The van der Waals surface area contributed by atoms with Crippen LogP contribution in [-0.4, -0.2) is 42.6 Å². The van der Waals surface area contributed by atoms with E-state index in [9.17, 15) is 0 Å². The van der Waals surface area contributed by atoms with Crippen LogP contribution in [0.15, 0.2) is 0 Å². The van der Waals surface area contributed by atoms with Gasteiger partial charge >= 0.3 is 10.4 Å². The summed E-state index contributed by atoms with van der Waals surface area (Å²) in [7, 11) is -0.191. The molecule has 0 aliphatic rings. The number of rotatable bonds is 12. The van der Waals surface area contributed by atoms with Crippen LogP contribution in [0.25, 0.3) is 0 Å². The van der Waals surface area contributed by atoms with Crippen molar-refractivity contribution in [2.24, 2.45) is 0 Å². The maximum Gasteiger partial charge on any atom is 0.394 e. The summed E-state index contributed by atoms with van der Waals surface area (Å²) in [5.41, 5.74) is 0. The molecular formula is C16H37NO4S. The summed E-state index contributed by atoms with van der Waals surface area (Å²) < 4.78 is 31.6. The minimum atomic E-state index is -4.67. The maximum absolute atomic E-state index is 8.74. The lowest BCUT2D eigenvalue weighted by Gasteiger charge is -2.24. The van der Waals surface area contributed by atoms with Crippen LogP contribution in [-0.2, 0) is 10.4 Å². The van der Waals surface area contributed by atoms with Crippen LogP contribution in [0.5, 0.6) is 0 Å². The first-order chi connectivity index (χ1) is 10.2. The molecule has 0 rings (SSSR count). The standard InChI is InChI=1S/C16H35N.H2O4S/c1-5-7-9-10-11-12-13-15-16(17(3)4)14-8-6-2;1-5(2,3)4/h16H,5-15H2,1-4H3;(H2,1,2,3,4). The molecule has 5 nitrogen and oxygen atoms in total. The molecule has 1 unspecified atom stereocenters. The van der Waals surface area contributed by atoms with Crippen molar-refractivity contribution in [3.8, 4) is 0 Å². The summed E-state index contributed by atoms with van der Waals surface area (Å²) in [6.45, 7) is 4.58. The average Bonchev–Trinajstić information content (AvgIpc) is 2.38. The zero-order chi connectivity index (χ0) is 17.4. The van der Waals surface area contributed by atoms with Crippen LogP contribution >= 0.6 is 0 Å². The minimum Gasteiger partial charge on any atom is -0.306 e. The Labute approximate surface area is 138 Å². The molecular weight excluding hydrogens is 302 g/mol. The zero-order valence-corrected chi connectivity index (χ0v) is 15.7. The summed E-state index contributed by atoms with van der Waals surface area (Å²) in [4.78, 5) is 2.42. The number of nitrogens with zero attached hydrogens (tertiary/aromatic N) is 1. The van der Waals surface area contributed by atoms with E-state index in [0.29, 0.717) is 0 Å². The van der Waals surface area contributed by atoms with E-state index in [0.717, 1.165) is 6.04 Å². The Morgan fingerprint density at radius 1 is 0.773 bits per heavy atom. The van der Waals surface area contributed by atoms with Gasteiger partial charge in [0.05, 0.1) is 0 Å². The number of unbranched alkanes of at least 4 members (excludes halogenated alkanes) is 7. The lowest BCUT2D eigenvalue weighted by molar-refractivity contribution is 0.253. The Morgan fingerprint density at radius 3 is 1.55 bits per heavy atom. The van der Waals surface area contributed by atoms with Crippen LogP contribution in [0.1, 0.15) is 84.5 Å². The van der Waals surface area contributed by atoms with Crippen LogP contribution < -0.4 is 0 Å². The summed E-state index contributed by atoms with van der Waals surface area (Å²) in [5, 5.41) is 0. The first kappa shape index (κ1) is 24.1. The van der Waals surface area contributed by atoms with E-state index < -0.39 is 10.4 Å². The predicted molar refractivity (Wildman–Crippen MR) is 93.8 cm³/mol. The molecule has 136 valence electrons. The van der Waals surface area contributed by atoms with E-state index in [2.05, 4.69) is 32.8 Å². The van der Waals surface area contributed by atoms with Crippen molar-refractivity contribution in [1.29, 1.82) is 0 Å². The Morgan fingerprint density at radius 2 is 1.14 bits per heavy atom. The summed E-state index contributed by atoms with van der Waals surface area (Å²) in [5.74, 6) is 0. The molecule has 0 fully saturated rings.